The third kappa shape index (κ3) is 7.24. The molecule has 10 nitrogen and oxygen atoms in total. The molecule has 0 radical (unpaired) electrons. The fraction of sp³-hybridized carbons (Fsp3) is 0.367. The van der Waals surface area contributed by atoms with E-state index in [1.807, 2.05) is 60.7 Å². The smallest absolute Gasteiger partial charge is 0.407 e. The highest BCUT2D eigenvalue weighted by molar-refractivity contribution is 7.89. The molecule has 4 N–H and O–H groups in total. The summed E-state index contributed by atoms with van der Waals surface area (Å²) in [7, 11) is -4.03. The number of nitrogens with zero attached hydrogens (tertiary/aromatic N) is 1. The summed E-state index contributed by atoms with van der Waals surface area (Å²) in [4.78, 5) is 13.1. The zero-order valence-corrected chi connectivity index (χ0v) is 23.4. The van der Waals surface area contributed by atoms with Crippen molar-refractivity contribution in [2.75, 3.05) is 25.5 Å². The van der Waals surface area contributed by atoms with Gasteiger partial charge in [0.1, 0.15) is 6.10 Å². The van der Waals surface area contributed by atoms with Crippen molar-refractivity contribution in [3.8, 4) is 0 Å². The van der Waals surface area contributed by atoms with Crippen LogP contribution in [-0.4, -0.2) is 68.2 Å². The largest absolute Gasteiger partial charge is 0.443 e. The molecule has 2 aliphatic heterocycles. The van der Waals surface area contributed by atoms with Gasteiger partial charge in [-0.2, -0.15) is 4.31 Å². The van der Waals surface area contributed by atoms with Crippen LogP contribution >= 0.6 is 0 Å². The van der Waals surface area contributed by atoms with Gasteiger partial charge in [0.2, 0.25) is 10.0 Å². The van der Waals surface area contributed by atoms with Gasteiger partial charge in [-0.3, -0.25) is 0 Å². The lowest BCUT2D eigenvalue weighted by Gasteiger charge is -2.30. The van der Waals surface area contributed by atoms with Gasteiger partial charge in [0, 0.05) is 18.8 Å². The van der Waals surface area contributed by atoms with Crippen LogP contribution in [0.25, 0.3) is 0 Å². The van der Waals surface area contributed by atoms with Crippen molar-refractivity contribution in [2.24, 2.45) is 5.92 Å². The molecule has 0 saturated carbocycles. The number of fused-ring (bicyclic) bond motifs is 1. The van der Waals surface area contributed by atoms with Gasteiger partial charge in [0.15, 0.2) is 6.29 Å². The molecule has 11 heteroatoms. The topological polar surface area (TPSA) is 140 Å². The lowest BCUT2D eigenvalue weighted by molar-refractivity contribution is -0.0907. The minimum absolute atomic E-state index is 0.0234. The summed E-state index contributed by atoms with van der Waals surface area (Å²) >= 11 is 0. The van der Waals surface area contributed by atoms with Crippen molar-refractivity contribution < 1.29 is 32.5 Å². The molecule has 5 atom stereocenters. The molecule has 3 unspecified atom stereocenters. The van der Waals surface area contributed by atoms with Crippen LogP contribution in [0.1, 0.15) is 17.5 Å². The van der Waals surface area contributed by atoms with E-state index in [0.717, 1.165) is 17.5 Å². The van der Waals surface area contributed by atoms with E-state index in [4.69, 9.17) is 19.9 Å². The summed E-state index contributed by atoms with van der Waals surface area (Å²) in [6.45, 7) is 0.533. The van der Waals surface area contributed by atoms with Crippen LogP contribution in [0, 0.1) is 5.92 Å². The van der Waals surface area contributed by atoms with Crippen molar-refractivity contribution in [3.05, 3.63) is 96.1 Å². The maximum Gasteiger partial charge on any atom is 0.407 e. The van der Waals surface area contributed by atoms with Gasteiger partial charge >= 0.3 is 6.09 Å². The maximum absolute atomic E-state index is 13.8. The van der Waals surface area contributed by atoms with Gasteiger partial charge in [-0.05, 0) is 48.2 Å². The lowest BCUT2D eigenvalue weighted by atomic mass is 10.0. The number of nitrogen functional groups attached to an aromatic ring is 1. The molecule has 1 amide bonds. The Bertz CT molecular complexity index is 1390. The molecule has 2 saturated heterocycles. The Morgan fingerprint density at radius 1 is 1.00 bits per heavy atom. The number of anilines is 1. The number of sulfonamides is 1. The van der Waals surface area contributed by atoms with Crippen molar-refractivity contribution in [2.45, 2.75) is 48.8 Å². The molecule has 218 valence electrons. The zero-order chi connectivity index (χ0) is 28.8. The number of hydrogen-bond acceptors (Lipinski definition) is 8. The van der Waals surface area contributed by atoms with E-state index in [-0.39, 0.29) is 43.2 Å². The van der Waals surface area contributed by atoms with Crippen molar-refractivity contribution in [1.82, 2.24) is 9.62 Å². The van der Waals surface area contributed by atoms with Gasteiger partial charge in [0.25, 0.3) is 0 Å². The molecule has 0 bridgehead atoms. The maximum atomic E-state index is 13.8. The number of amides is 1. The first-order chi connectivity index (χ1) is 19.8. The molecule has 41 heavy (non-hydrogen) atoms. The number of carbonyl (C=O) groups is 1. The average molecular weight is 582 g/mol. The van der Waals surface area contributed by atoms with Gasteiger partial charge in [-0.1, -0.05) is 60.7 Å². The summed E-state index contributed by atoms with van der Waals surface area (Å²) in [6.07, 6.45) is -1.81. The number of ether oxygens (including phenoxy) is 3. The number of hydrogen-bond donors (Lipinski definition) is 3. The Kier molecular flexibility index (Phi) is 9.21. The number of nitrogens with one attached hydrogen (secondary N) is 1. The van der Waals surface area contributed by atoms with Crippen LogP contribution in [0.2, 0.25) is 0 Å². The number of aliphatic hydroxyl groups is 1. The highest BCUT2D eigenvalue weighted by Crippen LogP contribution is 2.33. The second-order valence-electron chi connectivity index (χ2n) is 10.3. The molecule has 2 aliphatic rings. The molecule has 0 aromatic heterocycles. The van der Waals surface area contributed by atoms with Gasteiger partial charge in [0.05, 0.1) is 36.2 Å². The average Bonchev–Trinajstić information content (AvgIpc) is 3.59. The quantitative estimate of drug-likeness (QED) is 0.294. The van der Waals surface area contributed by atoms with Crippen LogP contribution in [0.15, 0.2) is 89.8 Å². The molecule has 3 aromatic rings. The fourth-order valence-corrected chi connectivity index (χ4v) is 6.63. The molecule has 2 fully saturated rings. The highest BCUT2D eigenvalue weighted by atomic mass is 32.2. The normalized spacial score (nSPS) is 21.8. The first kappa shape index (κ1) is 29.0. The van der Waals surface area contributed by atoms with Crippen LogP contribution in [-0.2, 0) is 37.2 Å². The van der Waals surface area contributed by atoms with E-state index in [1.165, 1.54) is 28.6 Å². The second kappa shape index (κ2) is 13.0. The van der Waals surface area contributed by atoms with E-state index in [0.29, 0.717) is 12.3 Å². The zero-order valence-electron chi connectivity index (χ0n) is 22.5. The number of carbonyl (C=O) groups excluding carboxylic acids is 1. The summed E-state index contributed by atoms with van der Waals surface area (Å²) in [5.41, 5.74) is 7.83. The van der Waals surface area contributed by atoms with Gasteiger partial charge in [-0.15, -0.1) is 0 Å². The Balaban J connectivity index is 1.36. The van der Waals surface area contributed by atoms with Crippen LogP contribution in [0.3, 0.4) is 0 Å². The SMILES string of the molecule is Nc1ccc(S(=O)(=O)N(Cc2ccccc2)C[C@@H](O)[C@H](Cc2ccccc2)NC(=O)OC2COC3OCCC23)cc1. The van der Waals surface area contributed by atoms with E-state index >= 15 is 0 Å². The summed E-state index contributed by atoms with van der Waals surface area (Å²) < 4.78 is 45.5. The molecule has 0 spiro atoms. The van der Waals surface area contributed by atoms with E-state index in [1.54, 1.807) is 0 Å². The number of alkyl carbamates (subject to hydrolysis) is 1. The van der Waals surface area contributed by atoms with E-state index < -0.39 is 34.4 Å². The Labute approximate surface area is 240 Å². The van der Waals surface area contributed by atoms with Crippen LogP contribution in [0.4, 0.5) is 10.5 Å². The predicted octanol–water partition coefficient (Wildman–Crippen LogP) is 2.92. The fourth-order valence-electron chi connectivity index (χ4n) is 5.18. The van der Waals surface area contributed by atoms with Crippen molar-refractivity contribution >= 4 is 21.8 Å². The summed E-state index contributed by atoms with van der Waals surface area (Å²) in [5, 5.41) is 14.3. The van der Waals surface area contributed by atoms with Crippen LogP contribution < -0.4 is 11.1 Å². The van der Waals surface area contributed by atoms with Gasteiger partial charge in [-0.25, -0.2) is 13.2 Å². The number of rotatable bonds is 11. The first-order valence-corrected chi connectivity index (χ1v) is 15.1. The Morgan fingerprint density at radius 3 is 2.34 bits per heavy atom. The van der Waals surface area contributed by atoms with Crippen LogP contribution in [0.5, 0.6) is 0 Å². The summed E-state index contributed by atoms with van der Waals surface area (Å²) in [5.74, 6) is -0.0373. The molecular weight excluding hydrogens is 546 g/mol. The Morgan fingerprint density at radius 2 is 1.66 bits per heavy atom. The minimum atomic E-state index is -4.03. The molecular formula is C30H35N3O7S. The Hall–Kier alpha value is -3.48. The highest BCUT2D eigenvalue weighted by Gasteiger charge is 2.44. The molecule has 2 heterocycles. The predicted molar refractivity (Wildman–Crippen MR) is 152 cm³/mol. The number of benzene rings is 3. The first-order valence-electron chi connectivity index (χ1n) is 13.6. The molecule has 0 aliphatic carbocycles. The summed E-state index contributed by atoms with van der Waals surface area (Å²) in [6, 6.07) is 23.6. The number of nitrogens with two attached hydrogens (primary N) is 1. The lowest BCUT2D eigenvalue weighted by Crippen LogP contribution is -2.51. The molecule has 3 aromatic carbocycles. The van der Waals surface area contributed by atoms with Crippen molar-refractivity contribution in [1.29, 1.82) is 0 Å². The standard InChI is InChI=1S/C30H35N3O7S/c31-23-11-13-24(14-12-23)41(36,37)33(18-22-9-5-2-6-10-22)19-27(34)26(17-21-7-3-1-4-8-21)32-30(35)40-28-20-39-29-25(28)15-16-38-29/h1-14,25-29,34H,15-20,31H2,(H,32,35)/t25?,26-,27+,28?,29?/m0/s1. The minimum Gasteiger partial charge on any atom is -0.443 e. The third-order valence-electron chi connectivity index (χ3n) is 7.42. The van der Waals surface area contributed by atoms with Gasteiger partial charge < -0.3 is 30.4 Å². The second-order valence-corrected chi connectivity index (χ2v) is 12.3. The number of aliphatic hydroxyl groups excluding tert-OH is 1. The molecule has 5 rings (SSSR count). The van der Waals surface area contributed by atoms with E-state index in [9.17, 15) is 18.3 Å². The van der Waals surface area contributed by atoms with Crippen molar-refractivity contribution in [3.63, 3.8) is 0 Å². The third-order valence-corrected chi connectivity index (χ3v) is 9.25. The monoisotopic (exact) mass is 581 g/mol. The van der Waals surface area contributed by atoms with E-state index in [2.05, 4.69) is 5.32 Å².